The van der Waals surface area contributed by atoms with Crippen molar-refractivity contribution in [1.82, 2.24) is 9.97 Å². The fraction of sp³-hybridized carbons (Fsp3) is 0.182. The van der Waals surface area contributed by atoms with Crippen LogP contribution in [0.15, 0.2) is 41.2 Å². The number of hydrogen-bond acceptors (Lipinski definition) is 5. The molecule has 1 aliphatic rings. The maximum absolute atomic E-state index is 13.0. The molecule has 164 valence electrons. The highest BCUT2D eigenvalue weighted by Gasteiger charge is 2.35. The minimum Gasteiger partial charge on any atom is -0.326 e. The first-order valence-electron chi connectivity index (χ1n) is 9.75. The number of nitrogens with one attached hydrogen (secondary N) is 4. The van der Waals surface area contributed by atoms with Crippen LogP contribution in [0.4, 0.5) is 23.1 Å². The molecule has 1 aliphatic heterocycles. The molecule has 32 heavy (non-hydrogen) atoms. The first-order valence-corrected chi connectivity index (χ1v) is 10.5. The molecule has 1 atom stereocenters. The molecule has 0 fully saturated rings. The highest BCUT2D eigenvalue weighted by atomic mass is 35.5. The Bertz CT molecular complexity index is 1280. The summed E-state index contributed by atoms with van der Waals surface area (Å²) < 4.78 is 0. The largest absolute Gasteiger partial charge is 0.326 e. The van der Waals surface area contributed by atoms with Crippen molar-refractivity contribution in [3.05, 3.63) is 73.5 Å². The van der Waals surface area contributed by atoms with Crippen LogP contribution in [0.2, 0.25) is 10.0 Å². The van der Waals surface area contributed by atoms with Crippen molar-refractivity contribution in [2.75, 3.05) is 16.0 Å². The topological polar surface area (TPSA) is 116 Å². The zero-order valence-corrected chi connectivity index (χ0v) is 18.7. The highest BCUT2D eigenvalue weighted by Crippen LogP contribution is 2.31. The van der Waals surface area contributed by atoms with E-state index in [1.165, 1.54) is 0 Å². The summed E-state index contributed by atoms with van der Waals surface area (Å²) in [5.41, 5.74) is 2.54. The number of nitrogens with zero attached hydrogens (tertiary/aromatic N) is 1. The van der Waals surface area contributed by atoms with E-state index in [0.29, 0.717) is 21.4 Å². The maximum Gasteiger partial charge on any atom is 0.258 e. The molecule has 0 saturated carbocycles. The number of aromatic amines is 1. The fourth-order valence-electron chi connectivity index (χ4n) is 3.51. The Balaban J connectivity index is 1.66. The number of carbonyl (C=O) groups is 2. The summed E-state index contributed by atoms with van der Waals surface area (Å²) in [6.07, 6.45) is -0.162. The number of halogens is 2. The number of rotatable bonds is 4. The van der Waals surface area contributed by atoms with E-state index in [2.05, 4.69) is 25.9 Å². The van der Waals surface area contributed by atoms with Crippen molar-refractivity contribution in [2.45, 2.75) is 26.2 Å². The summed E-state index contributed by atoms with van der Waals surface area (Å²) in [6, 6.07) is 10.4. The van der Waals surface area contributed by atoms with Gasteiger partial charge in [0.2, 0.25) is 17.8 Å². The molecule has 8 nitrogen and oxygen atoms in total. The number of fused-ring (bicyclic) bond motifs is 1. The molecular weight excluding hydrogens is 453 g/mol. The van der Waals surface area contributed by atoms with Gasteiger partial charge in [-0.25, -0.2) is 0 Å². The number of aryl methyl sites for hydroxylation is 2. The molecule has 2 amide bonds. The van der Waals surface area contributed by atoms with Crippen LogP contribution in [0.1, 0.15) is 29.0 Å². The smallest absolute Gasteiger partial charge is 0.258 e. The summed E-state index contributed by atoms with van der Waals surface area (Å²) in [5.74, 6) is -1.74. The Morgan fingerprint density at radius 1 is 1.09 bits per heavy atom. The minimum atomic E-state index is -0.982. The standard InChI is InChI=1S/C22H19Cl2N5O3/c1-10-3-4-11(2)16(5-10)26-20(31)15-9-17(30)27-19-18(15)21(32)29-22(28-19)25-14-7-12(23)6-13(24)8-14/h3-8,15H,9H2,1-2H3,(H,26,31)(H3,25,27,28,29,30,32). The van der Waals surface area contributed by atoms with Crippen LogP contribution in [0.3, 0.4) is 0 Å². The average molecular weight is 472 g/mol. The molecule has 1 unspecified atom stereocenters. The first kappa shape index (κ1) is 21.9. The van der Waals surface area contributed by atoms with Gasteiger partial charge in [-0.2, -0.15) is 4.98 Å². The molecule has 0 saturated heterocycles. The Kier molecular flexibility index (Phi) is 5.90. The third-order valence-electron chi connectivity index (χ3n) is 5.04. The van der Waals surface area contributed by atoms with Crippen LogP contribution in [0, 0.1) is 13.8 Å². The van der Waals surface area contributed by atoms with Gasteiger partial charge in [0.1, 0.15) is 5.82 Å². The Morgan fingerprint density at radius 2 is 1.81 bits per heavy atom. The normalized spacial score (nSPS) is 15.0. The van der Waals surface area contributed by atoms with Crippen LogP contribution in [0.5, 0.6) is 0 Å². The Labute approximate surface area is 193 Å². The van der Waals surface area contributed by atoms with Crippen LogP contribution >= 0.6 is 23.2 Å². The van der Waals surface area contributed by atoms with E-state index in [1.807, 2.05) is 32.0 Å². The summed E-state index contributed by atoms with van der Waals surface area (Å²) in [4.78, 5) is 45.1. The van der Waals surface area contributed by atoms with Crippen molar-refractivity contribution >= 4 is 58.2 Å². The number of hydrogen-bond donors (Lipinski definition) is 4. The molecular formula is C22H19Cl2N5O3. The monoisotopic (exact) mass is 471 g/mol. The van der Waals surface area contributed by atoms with Crippen molar-refractivity contribution in [2.24, 2.45) is 0 Å². The van der Waals surface area contributed by atoms with Gasteiger partial charge in [0.25, 0.3) is 5.56 Å². The van der Waals surface area contributed by atoms with Crippen LogP contribution < -0.4 is 21.5 Å². The number of H-pyrrole nitrogens is 1. The third kappa shape index (κ3) is 4.61. The number of anilines is 4. The van der Waals surface area contributed by atoms with Gasteiger partial charge in [0.15, 0.2) is 0 Å². The number of carbonyl (C=O) groups excluding carboxylic acids is 2. The zero-order chi connectivity index (χ0) is 23.0. The van der Waals surface area contributed by atoms with Crippen LogP contribution in [-0.4, -0.2) is 21.8 Å². The van der Waals surface area contributed by atoms with Gasteiger partial charge >= 0.3 is 0 Å². The minimum absolute atomic E-state index is 0.0294. The lowest BCUT2D eigenvalue weighted by Crippen LogP contribution is -2.36. The predicted molar refractivity (Wildman–Crippen MR) is 125 cm³/mol. The molecule has 0 radical (unpaired) electrons. The van der Waals surface area contributed by atoms with Gasteiger partial charge in [-0.3, -0.25) is 19.4 Å². The van der Waals surface area contributed by atoms with Gasteiger partial charge < -0.3 is 16.0 Å². The molecule has 0 spiro atoms. The predicted octanol–water partition coefficient (Wildman–Crippen LogP) is 4.50. The van der Waals surface area contributed by atoms with Crippen molar-refractivity contribution < 1.29 is 9.59 Å². The zero-order valence-electron chi connectivity index (χ0n) is 17.2. The average Bonchev–Trinajstić information content (AvgIpc) is 2.69. The molecule has 0 bridgehead atoms. The van der Waals surface area contributed by atoms with E-state index in [1.54, 1.807) is 18.2 Å². The quantitative estimate of drug-likeness (QED) is 0.446. The number of benzene rings is 2. The second-order valence-corrected chi connectivity index (χ2v) is 8.45. The van der Waals surface area contributed by atoms with E-state index in [4.69, 9.17) is 23.2 Å². The molecule has 2 aromatic carbocycles. The van der Waals surface area contributed by atoms with Gasteiger partial charge in [0.05, 0.1) is 11.5 Å². The molecule has 1 aromatic heterocycles. The lowest BCUT2D eigenvalue weighted by molar-refractivity contribution is -0.123. The van der Waals surface area contributed by atoms with Crippen molar-refractivity contribution in [1.29, 1.82) is 0 Å². The van der Waals surface area contributed by atoms with E-state index in [9.17, 15) is 14.4 Å². The fourth-order valence-corrected chi connectivity index (χ4v) is 4.03. The summed E-state index contributed by atoms with van der Waals surface area (Å²) in [6.45, 7) is 3.78. The van der Waals surface area contributed by atoms with E-state index >= 15 is 0 Å². The molecule has 10 heteroatoms. The molecule has 0 aliphatic carbocycles. The lowest BCUT2D eigenvalue weighted by atomic mass is 9.92. The molecule has 3 aromatic rings. The van der Waals surface area contributed by atoms with Gasteiger partial charge in [-0.15, -0.1) is 0 Å². The summed E-state index contributed by atoms with van der Waals surface area (Å²) >= 11 is 12.0. The van der Waals surface area contributed by atoms with E-state index < -0.39 is 23.3 Å². The Hall–Kier alpha value is -3.36. The van der Waals surface area contributed by atoms with Crippen LogP contribution in [0.25, 0.3) is 0 Å². The number of amides is 2. The number of aromatic nitrogens is 2. The van der Waals surface area contributed by atoms with Gasteiger partial charge in [-0.1, -0.05) is 35.3 Å². The molecule has 2 heterocycles. The summed E-state index contributed by atoms with van der Waals surface area (Å²) in [7, 11) is 0. The van der Waals surface area contributed by atoms with Crippen LogP contribution in [-0.2, 0) is 9.59 Å². The first-order chi connectivity index (χ1) is 15.2. The van der Waals surface area contributed by atoms with E-state index in [-0.39, 0.29) is 23.8 Å². The second kappa shape index (κ2) is 8.64. The molecule has 4 rings (SSSR count). The third-order valence-corrected chi connectivity index (χ3v) is 5.48. The van der Waals surface area contributed by atoms with Gasteiger partial charge in [-0.05, 0) is 49.2 Å². The summed E-state index contributed by atoms with van der Waals surface area (Å²) in [5, 5.41) is 9.11. The van der Waals surface area contributed by atoms with E-state index in [0.717, 1.165) is 11.1 Å². The maximum atomic E-state index is 13.0. The molecule has 4 N–H and O–H groups in total. The second-order valence-electron chi connectivity index (χ2n) is 7.57. The SMILES string of the molecule is Cc1ccc(C)c(NC(=O)C2CC(=O)Nc3nc(Nc4cc(Cl)cc(Cl)c4)[nH]c(=O)c32)c1. The van der Waals surface area contributed by atoms with Gasteiger partial charge in [0, 0.05) is 27.8 Å². The highest BCUT2D eigenvalue weighted by molar-refractivity contribution is 6.35. The van der Waals surface area contributed by atoms with Crippen molar-refractivity contribution in [3.8, 4) is 0 Å². The van der Waals surface area contributed by atoms with Crippen molar-refractivity contribution in [3.63, 3.8) is 0 Å². The Morgan fingerprint density at radius 3 is 2.53 bits per heavy atom. The lowest BCUT2D eigenvalue weighted by Gasteiger charge is -2.24.